The van der Waals surface area contributed by atoms with Gasteiger partial charge in [0.05, 0.1) is 6.20 Å². The molecule has 3 heteroatoms. The number of aromatic amines is 1. The van der Waals surface area contributed by atoms with Crippen molar-refractivity contribution in [1.82, 2.24) is 10.2 Å². The lowest BCUT2D eigenvalue weighted by Crippen LogP contribution is -1.81. The maximum absolute atomic E-state index is 5.07. The van der Waals surface area contributed by atoms with Gasteiger partial charge in [-0.15, -0.1) is 6.42 Å². The van der Waals surface area contributed by atoms with Gasteiger partial charge in [0.25, 0.3) is 0 Å². The first kappa shape index (κ1) is 5.99. The molecule has 0 amide bonds. The molecular formula is C6H4N2S. The van der Waals surface area contributed by atoms with E-state index in [1.54, 1.807) is 12.3 Å². The number of rotatable bonds is 0. The number of aromatic nitrogens is 2. The van der Waals surface area contributed by atoms with Crippen LogP contribution in [0.15, 0.2) is 12.3 Å². The van der Waals surface area contributed by atoms with Gasteiger partial charge in [0, 0.05) is 5.56 Å². The molecule has 1 heterocycles. The summed E-state index contributed by atoms with van der Waals surface area (Å²) in [7, 11) is 0. The van der Waals surface area contributed by atoms with Crippen molar-refractivity contribution in [2.45, 2.75) is 0 Å². The first-order valence-corrected chi connectivity index (χ1v) is 2.75. The molecule has 0 unspecified atom stereocenters. The van der Waals surface area contributed by atoms with Crippen LogP contribution in [0.5, 0.6) is 0 Å². The zero-order chi connectivity index (χ0) is 6.69. The summed E-state index contributed by atoms with van der Waals surface area (Å²) in [5, 5.41) is 6.26. The zero-order valence-electron chi connectivity index (χ0n) is 4.59. The Bertz CT molecular complexity index is 294. The minimum atomic E-state index is 0.561. The summed E-state index contributed by atoms with van der Waals surface area (Å²) in [6.45, 7) is 0. The molecule has 9 heavy (non-hydrogen) atoms. The minimum Gasteiger partial charge on any atom is -0.268 e. The molecule has 0 aromatic carbocycles. The molecule has 1 rings (SSSR count). The number of hydrogen-bond donors (Lipinski definition) is 1. The molecule has 0 aliphatic rings. The van der Waals surface area contributed by atoms with E-state index in [4.69, 9.17) is 18.6 Å². The minimum absolute atomic E-state index is 0.561. The molecule has 1 N–H and O–H groups in total. The predicted octanol–water partition coefficient (Wildman–Crippen LogP) is 1.12. The third kappa shape index (κ3) is 1.37. The maximum Gasteiger partial charge on any atom is 0.120 e. The van der Waals surface area contributed by atoms with Crippen molar-refractivity contribution in [3.05, 3.63) is 22.5 Å². The van der Waals surface area contributed by atoms with Gasteiger partial charge in [-0.1, -0.05) is 18.1 Å². The Balaban J connectivity index is 3.28. The maximum atomic E-state index is 5.07. The SMILES string of the molecule is C#Cc1cn[nH]c(=S)c1. The van der Waals surface area contributed by atoms with Crippen LogP contribution in [0.1, 0.15) is 5.56 Å². The van der Waals surface area contributed by atoms with E-state index in [1.165, 1.54) is 0 Å². The van der Waals surface area contributed by atoms with Gasteiger partial charge in [-0.25, -0.2) is 0 Å². The van der Waals surface area contributed by atoms with Crippen LogP contribution < -0.4 is 0 Å². The highest BCUT2D eigenvalue weighted by atomic mass is 32.1. The van der Waals surface area contributed by atoms with E-state index in [9.17, 15) is 0 Å². The number of nitrogens with zero attached hydrogens (tertiary/aromatic N) is 1. The van der Waals surface area contributed by atoms with Crippen molar-refractivity contribution in [2.24, 2.45) is 0 Å². The third-order valence-corrected chi connectivity index (χ3v) is 1.04. The summed E-state index contributed by atoms with van der Waals surface area (Å²) in [6.07, 6.45) is 6.62. The van der Waals surface area contributed by atoms with Crippen molar-refractivity contribution in [3.8, 4) is 12.3 Å². The Morgan fingerprint density at radius 3 is 3.00 bits per heavy atom. The lowest BCUT2D eigenvalue weighted by atomic mass is 10.3. The van der Waals surface area contributed by atoms with Crippen LogP contribution >= 0.6 is 12.2 Å². The lowest BCUT2D eigenvalue weighted by Gasteiger charge is -1.84. The number of terminal acetylenes is 1. The van der Waals surface area contributed by atoms with Crippen molar-refractivity contribution >= 4 is 12.2 Å². The summed E-state index contributed by atoms with van der Waals surface area (Å²) in [5.74, 6) is 2.42. The van der Waals surface area contributed by atoms with Crippen molar-refractivity contribution in [1.29, 1.82) is 0 Å². The van der Waals surface area contributed by atoms with Gasteiger partial charge < -0.3 is 0 Å². The normalized spacial score (nSPS) is 8.33. The summed E-state index contributed by atoms with van der Waals surface area (Å²) < 4.78 is 0.561. The number of nitrogens with one attached hydrogen (secondary N) is 1. The van der Waals surface area contributed by atoms with Crippen LogP contribution in [0, 0.1) is 17.0 Å². The van der Waals surface area contributed by atoms with Gasteiger partial charge in [-0.3, -0.25) is 5.10 Å². The Labute approximate surface area is 57.9 Å². The average Bonchev–Trinajstić information content (AvgIpc) is 1.88. The Hall–Kier alpha value is -1.14. The third-order valence-electron chi connectivity index (χ3n) is 0.832. The van der Waals surface area contributed by atoms with Gasteiger partial charge in [-0.05, 0) is 6.07 Å². The molecular weight excluding hydrogens is 132 g/mol. The Morgan fingerprint density at radius 1 is 1.78 bits per heavy atom. The molecule has 0 spiro atoms. The second kappa shape index (κ2) is 2.42. The molecule has 0 saturated carbocycles. The van der Waals surface area contributed by atoms with Crippen LogP contribution in [0.3, 0.4) is 0 Å². The first-order chi connectivity index (χ1) is 4.33. The van der Waals surface area contributed by atoms with Gasteiger partial charge >= 0.3 is 0 Å². The van der Waals surface area contributed by atoms with E-state index >= 15 is 0 Å². The van der Waals surface area contributed by atoms with E-state index in [1.807, 2.05) is 0 Å². The highest BCUT2D eigenvalue weighted by molar-refractivity contribution is 7.71. The summed E-state index contributed by atoms with van der Waals surface area (Å²) in [5.41, 5.74) is 0.707. The molecule has 1 aromatic heterocycles. The van der Waals surface area contributed by atoms with Gasteiger partial charge in [0.2, 0.25) is 0 Å². The fourth-order valence-electron chi connectivity index (χ4n) is 0.455. The molecule has 0 aliphatic heterocycles. The van der Waals surface area contributed by atoms with Crippen LogP contribution in [0.2, 0.25) is 0 Å². The zero-order valence-corrected chi connectivity index (χ0v) is 5.40. The van der Waals surface area contributed by atoms with Crippen molar-refractivity contribution in [3.63, 3.8) is 0 Å². The highest BCUT2D eigenvalue weighted by Gasteiger charge is 1.82. The van der Waals surface area contributed by atoms with Crippen molar-refractivity contribution in [2.75, 3.05) is 0 Å². The average molecular weight is 136 g/mol. The van der Waals surface area contributed by atoms with E-state index in [0.717, 1.165) is 0 Å². The molecule has 44 valence electrons. The van der Waals surface area contributed by atoms with Crippen LogP contribution in [0.25, 0.3) is 0 Å². The molecule has 0 bridgehead atoms. The summed E-state index contributed by atoms with van der Waals surface area (Å²) >= 11 is 4.75. The number of hydrogen-bond acceptors (Lipinski definition) is 2. The topological polar surface area (TPSA) is 28.7 Å². The fraction of sp³-hybridized carbons (Fsp3) is 0. The molecule has 0 aliphatic carbocycles. The lowest BCUT2D eigenvalue weighted by molar-refractivity contribution is 1.01. The predicted molar refractivity (Wildman–Crippen MR) is 37.4 cm³/mol. The van der Waals surface area contributed by atoms with Crippen LogP contribution in [-0.2, 0) is 0 Å². The number of H-pyrrole nitrogens is 1. The quantitative estimate of drug-likeness (QED) is 0.427. The fourth-order valence-corrected chi connectivity index (χ4v) is 0.635. The van der Waals surface area contributed by atoms with E-state index < -0.39 is 0 Å². The monoisotopic (exact) mass is 136 g/mol. The standard InChI is InChI=1S/C6H4N2S/c1-2-5-3-6(9)8-7-4-5/h1,3-4H,(H,8,9). The van der Waals surface area contributed by atoms with E-state index in [-0.39, 0.29) is 0 Å². The highest BCUT2D eigenvalue weighted by Crippen LogP contribution is 1.90. The first-order valence-electron chi connectivity index (χ1n) is 2.34. The summed E-state index contributed by atoms with van der Waals surface area (Å²) in [4.78, 5) is 0. The van der Waals surface area contributed by atoms with Crippen LogP contribution in [-0.4, -0.2) is 10.2 Å². The van der Waals surface area contributed by atoms with E-state index in [2.05, 4.69) is 16.1 Å². The van der Waals surface area contributed by atoms with E-state index in [0.29, 0.717) is 10.2 Å². The molecule has 0 fully saturated rings. The van der Waals surface area contributed by atoms with Gasteiger partial charge in [-0.2, -0.15) is 5.10 Å². The van der Waals surface area contributed by atoms with Crippen LogP contribution in [0.4, 0.5) is 0 Å². The second-order valence-electron chi connectivity index (χ2n) is 1.48. The molecule has 0 saturated heterocycles. The largest absolute Gasteiger partial charge is 0.268 e. The summed E-state index contributed by atoms with van der Waals surface area (Å²) in [6, 6.07) is 1.68. The Kier molecular flexibility index (Phi) is 1.61. The molecule has 0 radical (unpaired) electrons. The van der Waals surface area contributed by atoms with Gasteiger partial charge in [0.1, 0.15) is 4.64 Å². The Morgan fingerprint density at radius 2 is 2.56 bits per heavy atom. The molecule has 1 aromatic rings. The smallest absolute Gasteiger partial charge is 0.120 e. The van der Waals surface area contributed by atoms with Crippen molar-refractivity contribution < 1.29 is 0 Å². The molecule has 2 nitrogen and oxygen atoms in total. The van der Waals surface area contributed by atoms with Gasteiger partial charge in [0.15, 0.2) is 0 Å². The second-order valence-corrected chi connectivity index (χ2v) is 1.92. The molecule has 0 atom stereocenters.